The lowest BCUT2D eigenvalue weighted by molar-refractivity contribution is 0.387. The van der Waals surface area contributed by atoms with Crippen LogP contribution in [0.15, 0.2) is 16.7 Å². The summed E-state index contributed by atoms with van der Waals surface area (Å²) < 4.78 is 16.3. The molecule has 9 heteroatoms. The lowest BCUT2D eigenvalue weighted by Gasteiger charge is -2.02. The fraction of sp³-hybridized carbons (Fsp3) is 0. The van der Waals surface area contributed by atoms with Crippen molar-refractivity contribution >= 4 is 41.0 Å². The van der Waals surface area contributed by atoms with E-state index < -0.39 is 7.60 Å². The third-order valence-electron chi connectivity index (χ3n) is 1.78. The fourth-order valence-corrected chi connectivity index (χ4v) is 2.77. The van der Waals surface area contributed by atoms with E-state index in [2.05, 4.69) is 4.98 Å². The van der Waals surface area contributed by atoms with Crippen LogP contribution in [0.3, 0.4) is 0 Å². The maximum Gasteiger partial charge on any atom is 0.360 e. The first-order chi connectivity index (χ1) is 7.39. The van der Waals surface area contributed by atoms with Crippen molar-refractivity contribution in [2.75, 3.05) is 5.73 Å². The van der Waals surface area contributed by atoms with Gasteiger partial charge in [-0.25, -0.2) is 4.98 Å². The van der Waals surface area contributed by atoms with Gasteiger partial charge in [-0.15, -0.1) is 0 Å². The molecule has 86 valence electrons. The van der Waals surface area contributed by atoms with E-state index in [9.17, 15) is 4.57 Å². The van der Waals surface area contributed by atoms with Gasteiger partial charge >= 0.3 is 7.60 Å². The minimum absolute atomic E-state index is 0.0497. The molecule has 2 aromatic rings. The van der Waals surface area contributed by atoms with Crippen LogP contribution in [0.1, 0.15) is 0 Å². The zero-order chi connectivity index (χ0) is 11.9. The molecule has 2 heterocycles. The van der Waals surface area contributed by atoms with Crippen molar-refractivity contribution in [3.63, 3.8) is 0 Å². The van der Waals surface area contributed by atoms with Crippen LogP contribution in [-0.2, 0) is 4.57 Å². The van der Waals surface area contributed by atoms with Gasteiger partial charge in [-0.3, -0.25) is 4.57 Å². The number of aromatic nitrogens is 1. The monoisotopic (exact) mass is 280 g/mol. The average molecular weight is 281 g/mol. The predicted molar refractivity (Wildman–Crippen MR) is 60.9 cm³/mol. The largest absolute Gasteiger partial charge is 0.462 e. The second kappa shape index (κ2) is 3.87. The van der Waals surface area contributed by atoms with E-state index >= 15 is 0 Å². The van der Waals surface area contributed by atoms with Crippen molar-refractivity contribution < 1.29 is 18.8 Å². The van der Waals surface area contributed by atoms with Crippen LogP contribution in [0.25, 0.3) is 11.5 Å². The number of hydrogen-bond donors (Lipinski definition) is 3. The lowest BCUT2D eigenvalue weighted by Crippen LogP contribution is -2.04. The number of hydrogen-bond acceptors (Lipinski definition) is 5. The molecule has 0 aliphatic carbocycles. The van der Waals surface area contributed by atoms with E-state index in [1.165, 1.54) is 6.07 Å². The van der Waals surface area contributed by atoms with Crippen LogP contribution >= 0.6 is 30.5 Å². The molecule has 0 bridgehead atoms. The zero-order valence-electron chi connectivity index (χ0n) is 7.62. The molecule has 0 unspecified atom stereocenters. The number of thiazole rings is 1. The third-order valence-corrected chi connectivity index (χ3v) is 3.84. The molecule has 2 aromatic heterocycles. The van der Waals surface area contributed by atoms with Gasteiger partial charge in [0.05, 0.1) is 6.26 Å². The average Bonchev–Trinajstić information content (AvgIpc) is 2.69. The van der Waals surface area contributed by atoms with E-state index in [1.54, 1.807) is 0 Å². The van der Waals surface area contributed by atoms with Crippen molar-refractivity contribution in [3.05, 3.63) is 16.7 Å². The number of anilines is 1. The lowest BCUT2D eigenvalue weighted by atomic mass is 10.4. The summed E-state index contributed by atoms with van der Waals surface area (Å²) >= 11 is 6.83. The summed E-state index contributed by atoms with van der Waals surface area (Å²) in [4.78, 5) is 22.0. The molecule has 0 radical (unpaired) electrons. The Morgan fingerprint density at radius 1 is 1.56 bits per heavy atom. The van der Waals surface area contributed by atoms with Crippen LogP contribution in [0.5, 0.6) is 0 Å². The molecule has 0 fully saturated rings. The highest BCUT2D eigenvalue weighted by molar-refractivity contribution is 7.60. The highest BCUT2D eigenvalue weighted by Gasteiger charge is 2.28. The summed E-state index contributed by atoms with van der Waals surface area (Å²) in [6.45, 7) is 0. The van der Waals surface area contributed by atoms with Crippen molar-refractivity contribution in [1.29, 1.82) is 0 Å². The number of nitrogen functional groups attached to an aromatic ring is 1. The first-order valence-electron chi connectivity index (χ1n) is 3.95. The number of nitrogens with two attached hydrogens (primary N) is 1. The van der Waals surface area contributed by atoms with Gasteiger partial charge in [-0.05, 0) is 6.07 Å². The molecule has 4 N–H and O–H groups in total. The van der Waals surface area contributed by atoms with Crippen LogP contribution in [0, 0.1) is 0 Å². The van der Waals surface area contributed by atoms with Crippen molar-refractivity contribution in [1.82, 2.24) is 4.98 Å². The number of halogens is 1. The van der Waals surface area contributed by atoms with Gasteiger partial charge in [0, 0.05) is 0 Å². The second-order valence-corrected chi connectivity index (χ2v) is 6.06. The van der Waals surface area contributed by atoms with Crippen molar-refractivity contribution in [2.45, 2.75) is 0 Å². The standard InChI is InChI=1S/C7H6ClN2O4PS/c8-6-4(10-7(9)16-6)5-3(1-2-14-5)15(11,12)13/h1-2H,(H2,9,10)(H2,11,12,13). The van der Waals surface area contributed by atoms with E-state index in [0.29, 0.717) is 0 Å². The Labute approximate surface area is 98.8 Å². The summed E-state index contributed by atoms with van der Waals surface area (Å²) in [6.07, 6.45) is 1.16. The minimum Gasteiger partial charge on any atom is -0.462 e. The molecule has 0 atom stereocenters. The van der Waals surface area contributed by atoms with E-state index in [4.69, 9.17) is 31.5 Å². The van der Waals surface area contributed by atoms with Crippen molar-refractivity contribution in [3.8, 4) is 11.5 Å². The van der Waals surface area contributed by atoms with E-state index in [0.717, 1.165) is 17.6 Å². The molecule has 16 heavy (non-hydrogen) atoms. The summed E-state index contributed by atoms with van der Waals surface area (Å²) in [5.74, 6) is -0.0497. The summed E-state index contributed by atoms with van der Waals surface area (Å²) in [5, 5.41) is -0.0484. The van der Waals surface area contributed by atoms with Crippen LogP contribution in [0.4, 0.5) is 5.13 Å². The van der Waals surface area contributed by atoms with Gasteiger partial charge in [0.15, 0.2) is 10.9 Å². The van der Waals surface area contributed by atoms with Crippen LogP contribution in [-0.4, -0.2) is 14.8 Å². The third kappa shape index (κ3) is 2.00. The first-order valence-corrected chi connectivity index (χ1v) is 6.76. The summed E-state index contributed by atoms with van der Waals surface area (Å²) in [6, 6.07) is 1.18. The summed E-state index contributed by atoms with van der Waals surface area (Å²) in [7, 11) is -4.41. The maximum absolute atomic E-state index is 11.1. The highest BCUT2D eigenvalue weighted by atomic mass is 35.5. The predicted octanol–water partition coefficient (Wildman–Crippen LogP) is 1.44. The molecule has 0 aliphatic heterocycles. The Hall–Kier alpha value is -0.850. The van der Waals surface area contributed by atoms with E-state index in [-0.39, 0.29) is 26.2 Å². The molecular weight excluding hydrogens is 275 g/mol. The normalized spacial score (nSPS) is 11.9. The van der Waals surface area contributed by atoms with Gasteiger partial charge < -0.3 is 19.9 Å². The first kappa shape index (κ1) is 11.6. The molecule has 0 saturated heterocycles. The highest BCUT2D eigenvalue weighted by Crippen LogP contribution is 2.41. The zero-order valence-corrected chi connectivity index (χ0v) is 10.1. The molecule has 0 aliphatic rings. The molecule has 0 amide bonds. The second-order valence-electron chi connectivity index (χ2n) is 2.85. The molecule has 0 spiro atoms. The Morgan fingerprint density at radius 3 is 2.75 bits per heavy atom. The smallest absolute Gasteiger partial charge is 0.360 e. The minimum atomic E-state index is -4.41. The summed E-state index contributed by atoms with van der Waals surface area (Å²) in [5.41, 5.74) is 5.58. The van der Waals surface area contributed by atoms with Crippen LogP contribution < -0.4 is 11.0 Å². The Morgan fingerprint density at radius 2 is 2.25 bits per heavy atom. The molecular formula is C7H6ClN2O4PS. The van der Waals surface area contributed by atoms with Gasteiger partial charge in [0.1, 0.15) is 15.3 Å². The molecule has 0 saturated carbocycles. The van der Waals surface area contributed by atoms with Gasteiger partial charge in [-0.2, -0.15) is 0 Å². The van der Waals surface area contributed by atoms with Gasteiger partial charge in [-0.1, -0.05) is 22.9 Å². The molecule has 0 aromatic carbocycles. The number of rotatable bonds is 2. The number of nitrogens with zero attached hydrogens (tertiary/aromatic N) is 1. The SMILES string of the molecule is Nc1nc(-c2occc2P(=O)(O)O)c(Cl)s1. The Kier molecular flexibility index (Phi) is 2.81. The fourth-order valence-electron chi connectivity index (χ4n) is 1.17. The topological polar surface area (TPSA) is 110 Å². The quantitative estimate of drug-likeness (QED) is 0.718. The van der Waals surface area contributed by atoms with Gasteiger partial charge in [0.2, 0.25) is 0 Å². The maximum atomic E-state index is 11.1. The van der Waals surface area contributed by atoms with Crippen LogP contribution in [0.2, 0.25) is 4.34 Å². The van der Waals surface area contributed by atoms with Crippen molar-refractivity contribution in [2.24, 2.45) is 0 Å². The Bertz CT molecular complexity index is 575. The molecule has 2 rings (SSSR count). The number of furan rings is 1. The van der Waals surface area contributed by atoms with Gasteiger partial charge in [0.25, 0.3) is 0 Å². The van der Waals surface area contributed by atoms with E-state index in [1.807, 2.05) is 0 Å². The Balaban J connectivity index is 2.62. The molecule has 6 nitrogen and oxygen atoms in total.